The van der Waals surface area contributed by atoms with Gasteiger partial charge in [-0.3, -0.25) is 14.4 Å². The maximum atomic E-state index is 13.0. The van der Waals surface area contributed by atoms with E-state index in [1.54, 1.807) is 6.07 Å². The second kappa shape index (κ2) is 10.2. The van der Waals surface area contributed by atoms with E-state index in [0.29, 0.717) is 36.8 Å². The summed E-state index contributed by atoms with van der Waals surface area (Å²) in [5.74, 6) is -0.705. The molecule has 1 atom stereocenters. The number of primary amides is 2. The molecule has 2 aromatic carbocycles. The van der Waals surface area contributed by atoms with Crippen LogP contribution in [0.2, 0.25) is 0 Å². The Hall–Kier alpha value is -2.95. The number of amides is 2. The van der Waals surface area contributed by atoms with Crippen molar-refractivity contribution in [3.8, 4) is 0 Å². The van der Waals surface area contributed by atoms with Crippen LogP contribution in [-0.4, -0.2) is 17.6 Å². The van der Waals surface area contributed by atoms with Gasteiger partial charge < -0.3 is 11.5 Å². The van der Waals surface area contributed by atoms with Crippen molar-refractivity contribution >= 4 is 17.6 Å². The van der Waals surface area contributed by atoms with E-state index >= 15 is 0 Å². The number of rotatable bonds is 10. The number of ketones is 1. The largest absolute Gasteiger partial charge is 0.370 e. The van der Waals surface area contributed by atoms with Gasteiger partial charge in [-0.15, -0.1) is 0 Å². The lowest BCUT2D eigenvalue weighted by Crippen LogP contribution is -2.14. The fourth-order valence-corrected chi connectivity index (χ4v) is 3.54. The SMILES string of the molecule is CC(C)(C)c1ccc(C(=O)c2cccc(C(CCCC(N)=O)CCC(N)=O)c2)cc1. The van der Waals surface area contributed by atoms with E-state index in [9.17, 15) is 14.4 Å². The molecule has 0 aliphatic heterocycles. The predicted octanol–water partition coefficient (Wildman–Crippen LogP) is 4.22. The highest BCUT2D eigenvalue weighted by Gasteiger charge is 2.18. The molecule has 160 valence electrons. The summed E-state index contributed by atoms with van der Waals surface area (Å²) in [6.45, 7) is 6.41. The molecule has 1 unspecified atom stereocenters. The average Bonchev–Trinajstić information content (AvgIpc) is 2.69. The molecule has 30 heavy (non-hydrogen) atoms. The summed E-state index contributed by atoms with van der Waals surface area (Å²) in [4.78, 5) is 35.4. The summed E-state index contributed by atoms with van der Waals surface area (Å²) in [5.41, 5.74) is 14.0. The lowest BCUT2D eigenvalue weighted by atomic mass is 9.85. The summed E-state index contributed by atoms with van der Waals surface area (Å²) in [6, 6.07) is 15.2. The summed E-state index contributed by atoms with van der Waals surface area (Å²) in [5, 5.41) is 0. The van der Waals surface area contributed by atoms with Crippen LogP contribution in [0.3, 0.4) is 0 Å². The van der Waals surface area contributed by atoms with Crippen LogP contribution in [0.5, 0.6) is 0 Å². The molecule has 2 rings (SSSR count). The molecule has 0 radical (unpaired) electrons. The van der Waals surface area contributed by atoms with Crippen molar-refractivity contribution in [3.05, 3.63) is 70.8 Å². The van der Waals surface area contributed by atoms with Crippen LogP contribution in [0.25, 0.3) is 0 Å². The number of nitrogens with two attached hydrogens (primary N) is 2. The third-order valence-corrected chi connectivity index (χ3v) is 5.35. The highest BCUT2D eigenvalue weighted by Crippen LogP contribution is 2.29. The van der Waals surface area contributed by atoms with E-state index in [0.717, 1.165) is 5.56 Å². The molecule has 0 spiro atoms. The van der Waals surface area contributed by atoms with Crippen LogP contribution >= 0.6 is 0 Å². The first kappa shape index (κ1) is 23.3. The van der Waals surface area contributed by atoms with E-state index in [-0.39, 0.29) is 35.4 Å². The van der Waals surface area contributed by atoms with Crippen LogP contribution < -0.4 is 11.5 Å². The average molecular weight is 409 g/mol. The Bertz CT molecular complexity index is 895. The Kier molecular flexibility index (Phi) is 7.93. The van der Waals surface area contributed by atoms with Gasteiger partial charge in [-0.05, 0) is 47.8 Å². The number of carbonyl (C=O) groups excluding carboxylic acids is 3. The fourth-order valence-electron chi connectivity index (χ4n) is 3.54. The van der Waals surface area contributed by atoms with Crippen LogP contribution in [0.1, 0.15) is 85.8 Å². The Balaban J connectivity index is 2.22. The molecule has 2 amide bonds. The van der Waals surface area contributed by atoms with Gasteiger partial charge in [-0.25, -0.2) is 0 Å². The van der Waals surface area contributed by atoms with Gasteiger partial charge in [0.2, 0.25) is 11.8 Å². The first-order valence-corrected chi connectivity index (χ1v) is 10.4. The van der Waals surface area contributed by atoms with Gasteiger partial charge in [0.05, 0.1) is 0 Å². The molecule has 0 aliphatic carbocycles. The molecule has 4 N–H and O–H groups in total. The van der Waals surface area contributed by atoms with Crippen molar-refractivity contribution in [1.82, 2.24) is 0 Å². The van der Waals surface area contributed by atoms with Crippen LogP contribution in [0, 0.1) is 0 Å². The lowest BCUT2D eigenvalue weighted by molar-refractivity contribution is -0.119. The standard InChI is InChI=1S/C25H32N2O3/c1-25(2,3)21-13-10-18(11-14-21)24(30)20-8-4-7-19(16-20)17(12-15-23(27)29)6-5-9-22(26)28/h4,7-8,10-11,13-14,16-17H,5-6,9,12,15H2,1-3H3,(H2,26,28)(H2,27,29). The van der Waals surface area contributed by atoms with Crippen molar-refractivity contribution in [1.29, 1.82) is 0 Å². The summed E-state index contributed by atoms with van der Waals surface area (Å²) in [6.07, 6.45) is 2.46. The van der Waals surface area contributed by atoms with Gasteiger partial charge in [0.15, 0.2) is 5.78 Å². The minimum atomic E-state index is -0.360. The topological polar surface area (TPSA) is 103 Å². The highest BCUT2D eigenvalue weighted by atomic mass is 16.1. The number of hydrogen-bond donors (Lipinski definition) is 2. The normalized spacial score (nSPS) is 12.4. The predicted molar refractivity (Wildman–Crippen MR) is 119 cm³/mol. The van der Waals surface area contributed by atoms with Crippen molar-refractivity contribution in [2.75, 3.05) is 0 Å². The molecule has 0 heterocycles. The van der Waals surface area contributed by atoms with Crippen LogP contribution in [0.15, 0.2) is 48.5 Å². The zero-order chi connectivity index (χ0) is 22.3. The van der Waals surface area contributed by atoms with Gasteiger partial charge in [-0.2, -0.15) is 0 Å². The molecule has 0 aromatic heterocycles. The Morgan fingerprint density at radius 3 is 2.03 bits per heavy atom. The van der Waals surface area contributed by atoms with Crippen molar-refractivity contribution in [2.24, 2.45) is 11.5 Å². The molecule has 0 saturated carbocycles. The van der Waals surface area contributed by atoms with E-state index in [2.05, 4.69) is 20.8 Å². The van der Waals surface area contributed by atoms with E-state index in [1.165, 1.54) is 5.56 Å². The van der Waals surface area contributed by atoms with Gasteiger partial charge >= 0.3 is 0 Å². The van der Waals surface area contributed by atoms with Crippen molar-refractivity contribution in [3.63, 3.8) is 0 Å². The van der Waals surface area contributed by atoms with Crippen molar-refractivity contribution < 1.29 is 14.4 Å². The molecule has 2 aromatic rings. The molecule has 0 fully saturated rings. The van der Waals surface area contributed by atoms with E-state index in [4.69, 9.17) is 11.5 Å². The molecule has 0 aliphatic rings. The summed E-state index contributed by atoms with van der Waals surface area (Å²) >= 11 is 0. The second-order valence-corrected chi connectivity index (χ2v) is 8.84. The van der Waals surface area contributed by atoms with Gasteiger partial charge in [0.25, 0.3) is 0 Å². The number of hydrogen-bond acceptors (Lipinski definition) is 3. The maximum Gasteiger partial charge on any atom is 0.217 e. The first-order chi connectivity index (χ1) is 14.1. The highest BCUT2D eigenvalue weighted by molar-refractivity contribution is 6.09. The first-order valence-electron chi connectivity index (χ1n) is 10.4. The Morgan fingerprint density at radius 2 is 1.47 bits per heavy atom. The fraction of sp³-hybridized carbons (Fsp3) is 0.400. The minimum absolute atomic E-state index is 0.0278. The van der Waals surface area contributed by atoms with Crippen molar-refractivity contribution in [2.45, 2.75) is 64.2 Å². The molecule has 5 nitrogen and oxygen atoms in total. The third-order valence-electron chi connectivity index (χ3n) is 5.35. The molecule has 0 bridgehead atoms. The minimum Gasteiger partial charge on any atom is -0.370 e. The van der Waals surface area contributed by atoms with Gasteiger partial charge in [0, 0.05) is 24.0 Å². The van der Waals surface area contributed by atoms with E-state index in [1.807, 2.05) is 42.5 Å². The summed E-state index contributed by atoms with van der Waals surface area (Å²) in [7, 11) is 0. The number of carbonyl (C=O) groups is 3. The van der Waals surface area contributed by atoms with Crippen LogP contribution in [0.4, 0.5) is 0 Å². The third kappa shape index (κ3) is 6.83. The van der Waals surface area contributed by atoms with E-state index < -0.39 is 0 Å². The second-order valence-electron chi connectivity index (χ2n) is 8.84. The lowest BCUT2D eigenvalue weighted by Gasteiger charge is -2.19. The zero-order valence-electron chi connectivity index (χ0n) is 18.1. The zero-order valence-corrected chi connectivity index (χ0v) is 18.1. The Labute approximate surface area is 178 Å². The van der Waals surface area contributed by atoms with Gasteiger partial charge in [0.1, 0.15) is 0 Å². The maximum absolute atomic E-state index is 13.0. The molecule has 0 saturated heterocycles. The molecule has 5 heteroatoms. The quantitative estimate of drug-likeness (QED) is 0.575. The van der Waals surface area contributed by atoms with Gasteiger partial charge in [-0.1, -0.05) is 63.2 Å². The molecular formula is C25H32N2O3. The smallest absolute Gasteiger partial charge is 0.217 e. The summed E-state index contributed by atoms with van der Waals surface area (Å²) < 4.78 is 0. The monoisotopic (exact) mass is 408 g/mol. The Morgan fingerprint density at radius 1 is 0.833 bits per heavy atom. The number of benzene rings is 2. The van der Waals surface area contributed by atoms with Crippen LogP contribution in [-0.2, 0) is 15.0 Å². The molecular weight excluding hydrogens is 376 g/mol.